The van der Waals surface area contributed by atoms with Crippen LogP contribution in [0.2, 0.25) is 0 Å². The number of fused-ring (bicyclic) bond motifs is 1. The van der Waals surface area contributed by atoms with Crippen molar-refractivity contribution in [2.75, 3.05) is 13.6 Å². The van der Waals surface area contributed by atoms with Crippen LogP contribution >= 0.6 is 0 Å². The van der Waals surface area contributed by atoms with E-state index in [9.17, 15) is 14.4 Å². The van der Waals surface area contributed by atoms with Gasteiger partial charge in [-0.05, 0) is 86.6 Å². The smallest absolute Gasteiger partial charge is 0.410 e. The summed E-state index contributed by atoms with van der Waals surface area (Å²) in [6, 6.07) is 15.5. The topological polar surface area (TPSA) is 103 Å². The van der Waals surface area contributed by atoms with Crippen LogP contribution in [0.1, 0.15) is 76.1 Å². The maximum absolute atomic E-state index is 13.1. The Balaban J connectivity index is 1.37. The third-order valence-corrected chi connectivity index (χ3v) is 8.70. The molecule has 0 spiro atoms. The van der Waals surface area contributed by atoms with E-state index in [1.807, 2.05) is 63.4 Å². The van der Waals surface area contributed by atoms with Crippen LogP contribution in [0.4, 0.5) is 9.59 Å². The molecule has 2 aliphatic carbocycles. The van der Waals surface area contributed by atoms with Crippen molar-refractivity contribution in [3.8, 4) is 11.1 Å². The SMILES string of the molecule is CC(=O)C1c2ccc(-c3cnn(CCN(C)C(=O)OC(C)(C)C)c3)cc2C(NC(=O)OCc2ccccc2)[C@@H](C)C1C1CC1. The molecular weight excluding hydrogens is 556 g/mol. The van der Waals surface area contributed by atoms with Crippen molar-refractivity contribution < 1.29 is 23.9 Å². The van der Waals surface area contributed by atoms with Crippen molar-refractivity contribution in [1.82, 2.24) is 20.0 Å². The van der Waals surface area contributed by atoms with Gasteiger partial charge in [-0.3, -0.25) is 9.48 Å². The van der Waals surface area contributed by atoms with Gasteiger partial charge < -0.3 is 19.7 Å². The first-order valence-corrected chi connectivity index (χ1v) is 15.5. The lowest BCUT2D eigenvalue weighted by Crippen LogP contribution is -2.43. The van der Waals surface area contributed by atoms with Crippen LogP contribution in [0, 0.1) is 17.8 Å². The van der Waals surface area contributed by atoms with Gasteiger partial charge in [0, 0.05) is 31.3 Å². The van der Waals surface area contributed by atoms with Gasteiger partial charge in [0.2, 0.25) is 0 Å². The van der Waals surface area contributed by atoms with E-state index in [-0.39, 0.29) is 42.3 Å². The number of carbonyl (C=O) groups excluding carboxylic acids is 3. The molecule has 4 atom stereocenters. The van der Waals surface area contributed by atoms with Gasteiger partial charge in [-0.2, -0.15) is 5.10 Å². The van der Waals surface area contributed by atoms with Crippen molar-refractivity contribution in [3.05, 3.63) is 77.6 Å². The summed E-state index contributed by atoms with van der Waals surface area (Å²) in [5.74, 6) is 0.652. The van der Waals surface area contributed by atoms with Crippen LogP contribution in [-0.4, -0.2) is 51.8 Å². The molecule has 1 heterocycles. The average Bonchev–Trinajstić information content (AvgIpc) is 3.71. The van der Waals surface area contributed by atoms with Gasteiger partial charge in [-0.25, -0.2) is 9.59 Å². The molecule has 2 aliphatic rings. The summed E-state index contributed by atoms with van der Waals surface area (Å²) in [5, 5.41) is 7.69. The van der Waals surface area contributed by atoms with E-state index >= 15 is 0 Å². The Hall–Kier alpha value is -4.14. The molecule has 3 aromatic rings. The molecule has 1 aromatic heterocycles. The van der Waals surface area contributed by atoms with Gasteiger partial charge >= 0.3 is 12.2 Å². The van der Waals surface area contributed by atoms with E-state index in [4.69, 9.17) is 9.47 Å². The monoisotopic (exact) mass is 600 g/mol. The van der Waals surface area contributed by atoms with E-state index in [1.54, 1.807) is 24.9 Å². The number of ether oxygens (including phenoxy) is 2. The number of nitrogens with zero attached hydrogens (tertiary/aromatic N) is 3. The number of likely N-dealkylation sites (N-methyl/N-ethyl adjacent to an activating group) is 1. The minimum Gasteiger partial charge on any atom is -0.445 e. The van der Waals surface area contributed by atoms with Crippen molar-refractivity contribution in [2.24, 2.45) is 17.8 Å². The van der Waals surface area contributed by atoms with Crippen LogP contribution in [0.5, 0.6) is 0 Å². The van der Waals surface area contributed by atoms with Crippen LogP contribution in [-0.2, 0) is 27.4 Å². The van der Waals surface area contributed by atoms with Gasteiger partial charge in [0.1, 0.15) is 18.0 Å². The lowest BCUT2D eigenvalue weighted by molar-refractivity contribution is -0.120. The molecular formula is C35H44N4O5. The number of benzene rings is 2. The summed E-state index contributed by atoms with van der Waals surface area (Å²) < 4.78 is 12.9. The summed E-state index contributed by atoms with van der Waals surface area (Å²) in [6.07, 6.45) is 5.12. The standard InChI is InChI=1S/C35H44N4O5/c1-22-30(25-12-13-25)31(23(2)40)28-15-14-26(18-29(28)32(22)37-33(41)43-21-24-10-8-7-9-11-24)27-19-36-39(20-27)17-16-38(6)34(42)44-35(3,4)5/h7-11,14-15,18-20,22,25,30-32H,12-13,16-17,21H2,1-6H3,(H,37,41)/t22-,30?,31?,32?/m0/s1. The fourth-order valence-electron chi connectivity index (χ4n) is 6.42. The number of rotatable bonds is 9. The first-order valence-electron chi connectivity index (χ1n) is 15.5. The summed E-state index contributed by atoms with van der Waals surface area (Å²) in [7, 11) is 1.71. The van der Waals surface area contributed by atoms with E-state index in [2.05, 4.69) is 29.5 Å². The zero-order valence-corrected chi connectivity index (χ0v) is 26.6. The highest BCUT2D eigenvalue weighted by Gasteiger charge is 2.49. The maximum atomic E-state index is 13.1. The quantitative estimate of drug-likeness (QED) is 0.292. The Bertz CT molecular complexity index is 1490. The highest BCUT2D eigenvalue weighted by atomic mass is 16.6. The Labute approximate surface area is 259 Å². The first kappa shape index (κ1) is 31.3. The molecule has 1 N–H and O–H groups in total. The van der Waals surface area contributed by atoms with Crippen LogP contribution in [0.15, 0.2) is 60.9 Å². The lowest BCUT2D eigenvalue weighted by Gasteiger charge is -2.43. The number of hydrogen-bond donors (Lipinski definition) is 1. The predicted molar refractivity (Wildman–Crippen MR) is 168 cm³/mol. The molecule has 1 fully saturated rings. The molecule has 9 nitrogen and oxygen atoms in total. The molecule has 2 amide bonds. The predicted octanol–water partition coefficient (Wildman–Crippen LogP) is 6.73. The van der Waals surface area contributed by atoms with Crippen molar-refractivity contribution in [1.29, 1.82) is 0 Å². The molecule has 0 aliphatic heterocycles. The Morgan fingerprint density at radius 1 is 1.05 bits per heavy atom. The second-order valence-corrected chi connectivity index (χ2v) is 13.3. The fraction of sp³-hybridized carbons (Fsp3) is 0.486. The minimum absolute atomic E-state index is 0.0505. The molecule has 234 valence electrons. The van der Waals surface area contributed by atoms with Gasteiger partial charge in [0.25, 0.3) is 0 Å². The largest absolute Gasteiger partial charge is 0.445 e. The third kappa shape index (κ3) is 7.31. The van der Waals surface area contributed by atoms with Gasteiger partial charge in [0.15, 0.2) is 0 Å². The van der Waals surface area contributed by atoms with Crippen molar-refractivity contribution in [3.63, 3.8) is 0 Å². The Kier molecular flexibility index (Phi) is 9.13. The van der Waals surface area contributed by atoms with E-state index in [0.717, 1.165) is 40.7 Å². The summed E-state index contributed by atoms with van der Waals surface area (Å²) in [5.41, 5.74) is 4.15. The number of alkyl carbamates (subject to hydrolysis) is 1. The van der Waals surface area contributed by atoms with Gasteiger partial charge in [-0.1, -0.05) is 49.4 Å². The van der Waals surface area contributed by atoms with Crippen LogP contribution in [0.3, 0.4) is 0 Å². The zero-order chi connectivity index (χ0) is 31.6. The van der Waals surface area contributed by atoms with Crippen LogP contribution < -0.4 is 5.32 Å². The summed E-state index contributed by atoms with van der Waals surface area (Å²) in [4.78, 5) is 40.1. The number of carbonyl (C=O) groups is 3. The second-order valence-electron chi connectivity index (χ2n) is 13.3. The van der Waals surface area contributed by atoms with E-state index in [1.165, 1.54) is 4.90 Å². The van der Waals surface area contributed by atoms with Crippen LogP contribution in [0.25, 0.3) is 11.1 Å². The van der Waals surface area contributed by atoms with Crippen molar-refractivity contribution in [2.45, 2.75) is 78.2 Å². The molecule has 5 rings (SSSR count). The number of nitrogens with one attached hydrogen (secondary N) is 1. The fourth-order valence-corrected chi connectivity index (χ4v) is 6.42. The first-order chi connectivity index (χ1) is 20.9. The van der Waals surface area contributed by atoms with Gasteiger partial charge in [-0.15, -0.1) is 0 Å². The number of ketones is 1. The Morgan fingerprint density at radius 3 is 2.43 bits per heavy atom. The average molecular weight is 601 g/mol. The molecule has 0 saturated heterocycles. The number of aromatic nitrogens is 2. The molecule has 0 bridgehead atoms. The molecule has 44 heavy (non-hydrogen) atoms. The lowest BCUT2D eigenvalue weighted by atomic mass is 9.63. The Morgan fingerprint density at radius 2 is 1.77 bits per heavy atom. The number of amides is 2. The third-order valence-electron chi connectivity index (χ3n) is 8.70. The minimum atomic E-state index is -0.556. The van der Waals surface area contributed by atoms with E-state index < -0.39 is 11.7 Å². The van der Waals surface area contributed by atoms with Crippen molar-refractivity contribution >= 4 is 18.0 Å². The highest BCUT2D eigenvalue weighted by Crippen LogP contribution is 2.55. The molecule has 2 aromatic carbocycles. The molecule has 1 saturated carbocycles. The van der Waals surface area contributed by atoms with E-state index in [0.29, 0.717) is 19.0 Å². The van der Waals surface area contributed by atoms with Gasteiger partial charge in [0.05, 0.1) is 18.8 Å². The number of Topliss-reactive ketones (excluding diaryl/α,β-unsaturated/α-hetero) is 1. The molecule has 9 heteroatoms. The normalized spacial score (nSPS) is 21.2. The number of hydrogen-bond acceptors (Lipinski definition) is 6. The highest BCUT2D eigenvalue weighted by molar-refractivity contribution is 5.85. The molecule has 0 radical (unpaired) electrons. The second kappa shape index (κ2) is 12.8. The summed E-state index contributed by atoms with van der Waals surface area (Å²) >= 11 is 0. The maximum Gasteiger partial charge on any atom is 0.410 e. The zero-order valence-electron chi connectivity index (χ0n) is 26.6. The summed E-state index contributed by atoms with van der Waals surface area (Å²) in [6.45, 7) is 10.5. The molecule has 3 unspecified atom stereocenters.